The van der Waals surface area contributed by atoms with Gasteiger partial charge in [-0.05, 0) is 21.5 Å². The van der Waals surface area contributed by atoms with E-state index < -0.39 is 17.7 Å². The molecule has 0 aliphatic rings. The Morgan fingerprint density at radius 2 is 2.23 bits per heavy atom. The van der Waals surface area contributed by atoms with Crippen molar-refractivity contribution in [1.82, 2.24) is 4.98 Å². The molecule has 6 heteroatoms. The number of hydrogen-bond acceptors (Lipinski definition) is 2. The van der Waals surface area contributed by atoms with Gasteiger partial charge in [-0.3, -0.25) is 0 Å². The van der Waals surface area contributed by atoms with Crippen LogP contribution in [-0.4, -0.2) is 10.1 Å². The highest BCUT2D eigenvalue weighted by Gasteiger charge is 2.20. The van der Waals surface area contributed by atoms with Crippen LogP contribution in [0.15, 0.2) is 10.8 Å². The minimum Gasteiger partial charge on any atom is -0.505 e. The number of aromatic hydroxyl groups is 1. The van der Waals surface area contributed by atoms with Crippen LogP contribution >= 0.6 is 27.5 Å². The van der Waals surface area contributed by atoms with E-state index in [4.69, 9.17) is 11.6 Å². The lowest BCUT2D eigenvalue weighted by molar-refractivity contribution is 0.146. The molecule has 13 heavy (non-hydrogen) atoms. The number of alkyl halides is 3. The van der Waals surface area contributed by atoms with Gasteiger partial charge in [0.1, 0.15) is 4.60 Å². The molecule has 1 aromatic heterocycles. The van der Waals surface area contributed by atoms with E-state index in [0.29, 0.717) is 0 Å². The Morgan fingerprint density at radius 1 is 1.62 bits per heavy atom. The van der Waals surface area contributed by atoms with Crippen LogP contribution < -0.4 is 0 Å². The van der Waals surface area contributed by atoms with E-state index in [-0.39, 0.29) is 16.0 Å². The van der Waals surface area contributed by atoms with E-state index in [9.17, 15) is 13.9 Å². The summed E-state index contributed by atoms with van der Waals surface area (Å²) in [6.07, 6.45) is -1.55. The van der Waals surface area contributed by atoms with Crippen molar-refractivity contribution in [3.8, 4) is 5.75 Å². The number of nitrogens with zero attached hydrogens (tertiary/aromatic N) is 1. The molecule has 0 aliphatic carbocycles. The molecule has 0 atom stereocenters. The van der Waals surface area contributed by atoms with Crippen LogP contribution in [0.4, 0.5) is 8.78 Å². The molecule has 1 heterocycles. The first kappa shape index (κ1) is 10.7. The minimum atomic E-state index is -2.76. The maximum atomic E-state index is 12.4. The van der Waals surface area contributed by atoms with Crippen molar-refractivity contribution in [3.63, 3.8) is 0 Å². The van der Waals surface area contributed by atoms with Gasteiger partial charge in [0.2, 0.25) is 0 Å². The van der Waals surface area contributed by atoms with Crippen LogP contribution in [0.5, 0.6) is 5.75 Å². The fourth-order valence-electron chi connectivity index (χ4n) is 0.878. The Kier molecular flexibility index (Phi) is 3.44. The first-order chi connectivity index (χ1) is 6.07. The van der Waals surface area contributed by atoms with Gasteiger partial charge >= 0.3 is 0 Å². The molecule has 0 unspecified atom stereocenters. The summed E-state index contributed by atoms with van der Waals surface area (Å²) >= 11 is 8.24. The third-order valence-electron chi connectivity index (χ3n) is 1.49. The van der Waals surface area contributed by atoms with Gasteiger partial charge in [-0.25, -0.2) is 13.8 Å². The van der Waals surface area contributed by atoms with E-state index in [1.54, 1.807) is 0 Å². The second-order valence-corrected chi connectivity index (χ2v) is 3.29. The predicted molar refractivity (Wildman–Crippen MR) is 48.1 cm³/mol. The van der Waals surface area contributed by atoms with Crippen molar-refractivity contribution in [1.29, 1.82) is 0 Å². The van der Waals surface area contributed by atoms with Gasteiger partial charge in [0.25, 0.3) is 6.43 Å². The van der Waals surface area contributed by atoms with Crippen molar-refractivity contribution in [3.05, 3.63) is 21.9 Å². The average Bonchev–Trinajstić information content (AvgIpc) is 2.08. The fourth-order valence-corrected chi connectivity index (χ4v) is 1.41. The van der Waals surface area contributed by atoms with E-state index in [2.05, 4.69) is 20.9 Å². The Morgan fingerprint density at radius 3 is 2.69 bits per heavy atom. The van der Waals surface area contributed by atoms with Gasteiger partial charge in [-0.1, -0.05) is 0 Å². The van der Waals surface area contributed by atoms with E-state index in [1.165, 1.54) is 6.20 Å². The number of aromatic nitrogens is 1. The monoisotopic (exact) mass is 271 g/mol. The maximum Gasteiger partial charge on any atom is 0.267 e. The second-order valence-electron chi connectivity index (χ2n) is 2.27. The zero-order chi connectivity index (χ0) is 10.0. The predicted octanol–water partition coefficient (Wildman–Crippen LogP) is 3.23. The Bertz CT molecular complexity index is 322. The van der Waals surface area contributed by atoms with Gasteiger partial charge in [-0.2, -0.15) is 0 Å². The molecule has 0 bridgehead atoms. The molecule has 0 spiro atoms. The molecule has 1 rings (SSSR count). The maximum absolute atomic E-state index is 12.4. The fraction of sp³-hybridized carbons (Fsp3) is 0.286. The van der Waals surface area contributed by atoms with Crippen molar-refractivity contribution in [2.24, 2.45) is 0 Å². The van der Waals surface area contributed by atoms with E-state index in [0.717, 1.165) is 0 Å². The zero-order valence-electron chi connectivity index (χ0n) is 6.27. The van der Waals surface area contributed by atoms with Gasteiger partial charge < -0.3 is 5.11 Å². The van der Waals surface area contributed by atoms with Crippen molar-refractivity contribution in [2.75, 3.05) is 0 Å². The highest BCUT2D eigenvalue weighted by molar-refractivity contribution is 9.10. The first-order valence-electron chi connectivity index (χ1n) is 3.28. The number of halogens is 4. The lowest BCUT2D eigenvalue weighted by Crippen LogP contribution is -1.95. The molecular formula is C7H5BrClF2NO. The first-order valence-corrected chi connectivity index (χ1v) is 4.61. The SMILES string of the molecule is Oc1c(Br)ncc(CCl)c1C(F)F. The lowest BCUT2D eigenvalue weighted by atomic mass is 10.1. The summed E-state index contributed by atoms with van der Waals surface area (Å²) in [5, 5.41) is 9.23. The molecule has 1 aromatic rings. The third kappa shape index (κ3) is 2.08. The highest BCUT2D eigenvalue weighted by Crippen LogP contribution is 2.35. The molecule has 2 nitrogen and oxygen atoms in total. The lowest BCUT2D eigenvalue weighted by Gasteiger charge is -2.08. The molecule has 0 aliphatic heterocycles. The van der Waals surface area contributed by atoms with Crippen molar-refractivity contribution < 1.29 is 13.9 Å². The van der Waals surface area contributed by atoms with Crippen LogP contribution in [0, 0.1) is 0 Å². The van der Waals surface area contributed by atoms with Crippen LogP contribution in [0.3, 0.4) is 0 Å². The summed E-state index contributed by atoms with van der Waals surface area (Å²) in [5.41, 5.74) is -0.325. The van der Waals surface area contributed by atoms with Crippen LogP contribution in [-0.2, 0) is 5.88 Å². The molecule has 0 saturated heterocycles. The van der Waals surface area contributed by atoms with Crippen LogP contribution in [0.1, 0.15) is 17.6 Å². The third-order valence-corrected chi connectivity index (χ3v) is 2.36. The molecule has 0 fully saturated rings. The summed E-state index contributed by atoms with van der Waals surface area (Å²) < 4.78 is 24.8. The minimum absolute atomic E-state index is 0.00309. The second kappa shape index (κ2) is 4.19. The van der Waals surface area contributed by atoms with Gasteiger partial charge in [-0.15, -0.1) is 11.6 Å². The number of hydrogen-bond donors (Lipinski definition) is 1. The van der Waals surface area contributed by atoms with Crippen molar-refractivity contribution >= 4 is 27.5 Å². The molecule has 72 valence electrons. The van der Waals surface area contributed by atoms with E-state index in [1.807, 2.05) is 0 Å². The average molecular weight is 272 g/mol. The summed E-state index contributed by atoms with van der Waals surface area (Å²) in [4.78, 5) is 3.64. The summed E-state index contributed by atoms with van der Waals surface area (Å²) in [5.74, 6) is -0.652. The van der Waals surface area contributed by atoms with Crippen molar-refractivity contribution in [2.45, 2.75) is 12.3 Å². The molecule has 0 aromatic carbocycles. The van der Waals surface area contributed by atoms with Gasteiger partial charge in [0.05, 0.1) is 5.56 Å². The highest BCUT2D eigenvalue weighted by atomic mass is 79.9. The molecular weight excluding hydrogens is 267 g/mol. The standard InChI is InChI=1S/C7H5BrClF2NO/c8-6-5(13)4(7(10)11)3(1-9)2-12-6/h2,7,13H,1H2. The molecule has 0 saturated carbocycles. The van der Waals surface area contributed by atoms with Gasteiger partial charge in [0.15, 0.2) is 5.75 Å². The smallest absolute Gasteiger partial charge is 0.267 e. The molecule has 0 radical (unpaired) electrons. The summed E-state index contributed by atoms with van der Waals surface area (Å²) in [7, 11) is 0. The topological polar surface area (TPSA) is 33.1 Å². The van der Waals surface area contributed by atoms with Crippen LogP contribution in [0.25, 0.3) is 0 Å². The largest absolute Gasteiger partial charge is 0.505 e. The Labute approximate surface area is 86.7 Å². The Hall–Kier alpha value is -0.420. The number of pyridine rings is 1. The number of rotatable bonds is 2. The van der Waals surface area contributed by atoms with Crippen LogP contribution in [0.2, 0.25) is 0 Å². The molecule has 0 amide bonds. The summed E-state index contributed by atoms with van der Waals surface area (Å²) in [6, 6.07) is 0. The molecule has 1 N–H and O–H groups in total. The quantitative estimate of drug-likeness (QED) is 0.662. The normalized spacial score (nSPS) is 10.8. The van der Waals surface area contributed by atoms with E-state index >= 15 is 0 Å². The van der Waals surface area contributed by atoms with Gasteiger partial charge in [0, 0.05) is 12.1 Å². The Balaban J connectivity index is 3.32. The zero-order valence-corrected chi connectivity index (χ0v) is 8.61. The summed E-state index contributed by atoms with van der Waals surface area (Å²) in [6.45, 7) is 0.